The highest BCUT2D eigenvalue weighted by atomic mass is 35.7. The maximum absolute atomic E-state index is 8.35. The van der Waals surface area contributed by atoms with Crippen LogP contribution in [0, 0.1) is 23.2 Å². The SMILES string of the molecule is CC(C)C(NP(Cl)OCCC#N)C(C)C. The van der Waals surface area contributed by atoms with E-state index in [2.05, 4.69) is 32.8 Å². The molecule has 1 N–H and O–H groups in total. The number of hydrogen-bond acceptors (Lipinski definition) is 3. The quantitative estimate of drug-likeness (QED) is 0.554. The second-order valence-electron chi connectivity index (χ2n) is 4.13. The zero-order chi connectivity index (χ0) is 11.8. The Morgan fingerprint density at radius 3 is 2.27 bits per heavy atom. The summed E-state index contributed by atoms with van der Waals surface area (Å²) in [6.07, 6.45) is 0.390. The highest BCUT2D eigenvalue weighted by Gasteiger charge is 2.20. The first-order valence-electron chi connectivity index (χ1n) is 5.21. The third-order valence-corrected chi connectivity index (χ3v) is 3.60. The van der Waals surface area contributed by atoms with Crippen molar-refractivity contribution < 1.29 is 4.52 Å². The van der Waals surface area contributed by atoms with E-state index in [1.807, 2.05) is 6.07 Å². The number of hydrogen-bond donors (Lipinski definition) is 1. The molecule has 0 spiro atoms. The van der Waals surface area contributed by atoms with Crippen LogP contribution in [0.25, 0.3) is 0 Å². The molecule has 88 valence electrons. The molecule has 1 unspecified atom stereocenters. The molecule has 5 heteroatoms. The van der Waals surface area contributed by atoms with E-state index in [0.29, 0.717) is 30.9 Å². The molecule has 0 aliphatic heterocycles. The van der Waals surface area contributed by atoms with Gasteiger partial charge in [-0.3, -0.25) is 5.09 Å². The van der Waals surface area contributed by atoms with Crippen LogP contribution in [0.3, 0.4) is 0 Å². The summed E-state index contributed by atoms with van der Waals surface area (Å²) < 4.78 is 5.31. The van der Waals surface area contributed by atoms with Gasteiger partial charge in [-0.2, -0.15) is 5.26 Å². The normalized spacial score (nSPS) is 13.5. The van der Waals surface area contributed by atoms with Crippen molar-refractivity contribution in [1.29, 1.82) is 5.26 Å². The van der Waals surface area contributed by atoms with Gasteiger partial charge in [-0.1, -0.05) is 27.7 Å². The second kappa shape index (κ2) is 8.30. The van der Waals surface area contributed by atoms with E-state index in [9.17, 15) is 0 Å². The highest BCUT2D eigenvalue weighted by molar-refractivity contribution is 7.78. The molecule has 1 atom stereocenters. The van der Waals surface area contributed by atoms with Crippen LogP contribution < -0.4 is 5.09 Å². The predicted molar refractivity (Wildman–Crippen MR) is 65.6 cm³/mol. The standard InChI is InChI=1S/C10H20ClN2OP/c1-8(2)10(9(3)4)13-15(11)14-7-5-6-12/h8-10,13H,5,7H2,1-4H3. The van der Waals surface area contributed by atoms with E-state index < -0.39 is 7.65 Å². The molecule has 0 heterocycles. The Morgan fingerprint density at radius 2 is 1.87 bits per heavy atom. The molecular formula is C10H20ClN2OP. The van der Waals surface area contributed by atoms with Gasteiger partial charge in [0.15, 0.2) is 0 Å². The lowest BCUT2D eigenvalue weighted by Crippen LogP contribution is -2.34. The fourth-order valence-electron chi connectivity index (χ4n) is 1.39. The smallest absolute Gasteiger partial charge is 0.204 e. The maximum atomic E-state index is 8.35. The molecule has 0 aliphatic carbocycles. The minimum atomic E-state index is -1.13. The van der Waals surface area contributed by atoms with Crippen LogP contribution >= 0.6 is 18.9 Å². The van der Waals surface area contributed by atoms with Gasteiger partial charge in [-0.05, 0) is 23.1 Å². The summed E-state index contributed by atoms with van der Waals surface area (Å²) in [7, 11) is -1.13. The largest absolute Gasteiger partial charge is 0.331 e. The van der Waals surface area contributed by atoms with Gasteiger partial charge < -0.3 is 4.52 Å². The van der Waals surface area contributed by atoms with E-state index in [1.165, 1.54) is 0 Å². The molecule has 0 aromatic rings. The summed E-state index contributed by atoms with van der Waals surface area (Å²) >= 11 is 6.02. The summed E-state index contributed by atoms with van der Waals surface area (Å²) in [5.74, 6) is 1.04. The van der Waals surface area contributed by atoms with E-state index >= 15 is 0 Å². The van der Waals surface area contributed by atoms with Gasteiger partial charge in [0.05, 0.1) is 19.1 Å². The molecule has 0 saturated carbocycles. The van der Waals surface area contributed by atoms with Crippen LogP contribution in [0.1, 0.15) is 34.1 Å². The molecule has 0 saturated heterocycles. The summed E-state index contributed by atoms with van der Waals surface area (Å²) in [5.41, 5.74) is 0. The van der Waals surface area contributed by atoms with Crippen LogP contribution in [0.2, 0.25) is 0 Å². The Balaban J connectivity index is 3.90. The molecule has 3 nitrogen and oxygen atoms in total. The van der Waals surface area contributed by atoms with Crippen molar-refractivity contribution in [3.63, 3.8) is 0 Å². The van der Waals surface area contributed by atoms with Crippen molar-refractivity contribution in [1.82, 2.24) is 5.09 Å². The van der Waals surface area contributed by atoms with Gasteiger partial charge in [-0.15, -0.1) is 0 Å². The van der Waals surface area contributed by atoms with E-state index in [-0.39, 0.29) is 0 Å². The van der Waals surface area contributed by atoms with Gasteiger partial charge >= 0.3 is 0 Å². The molecule has 15 heavy (non-hydrogen) atoms. The summed E-state index contributed by atoms with van der Waals surface area (Å²) in [5, 5.41) is 11.6. The van der Waals surface area contributed by atoms with Crippen LogP contribution in [-0.2, 0) is 4.52 Å². The Bertz CT molecular complexity index is 198. The molecule has 0 aliphatic rings. The minimum absolute atomic E-state index is 0.357. The summed E-state index contributed by atoms with van der Waals surface area (Å²) in [4.78, 5) is 0. The third-order valence-electron chi connectivity index (χ3n) is 2.11. The van der Waals surface area contributed by atoms with E-state index in [1.54, 1.807) is 0 Å². The fourth-order valence-corrected chi connectivity index (χ4v) is 3.10. The van der Waals surface area contributed by atoms with Crippen LogP contribution in [0.4, 0.5) is 0 Å². The van der Waals surface area contributed by atoms with E-state index in [4.69, 9.17) is 21.0 Å². The number of halogens is 1. The highest BCUT2D eigenvalue weighted by Crippen LogP contribution is 2.40. The van der Waals surface area contributed by atoms with Gasteiger partial charge in [0.25, 0.3) is 0 Å². The lowest BCUT2D eigenvalue weighted by atomic mass is 9.94. The van der Waals surface area contributed by atoms with Crippen LogP contribution in [0.5, 0.6) is 0 Å². The lowest BCUT2D eigenvalue weighted by Gasteiger charge is -2.27. The van der Waals surface area contributed by atoms with Crippen molar-refractivity contribution in [3.05, 3.63) is 0 Å². The number of nitriles is 1. The van der Waals surface area contributed by atoms with Crippen LogP contribution in [0.15, 0.2) is 0 Å². The Kier molecular flexibility index (Phi) is 8.37. The average molecular weight is 251 g/mol. The second-order valence-corrected chi connectivity index (χ2v) is 6.06. The molecule has 0 rings (SSSR count). The fraction of sp³-hybridized carbons (Fsp3) is 0.900. The molecule has 0 amide bonds. The average Bonchev–Trinajstić information content (AvgIpc) is 2.13. The topological polar surface area (TPSA) is 45.0 Å². The minimum Gasteiger partial charge on any atom is -0.331 e. The third kappa shape index (κ3) is 7.09. The zero-order valence-electron chi connectivity index (χ0n) is 9.83. The number of nitrogens with one attached hydrogen (secondary N) is 1. The van der Waals surface area contributed by atoms with Crippen molar-refractivity contribution in [2.75, 3.05) is 6.61 Å². The van der Waals surface area contributed by atoms with E-state index in [0.717, 1.165) is 0 Å². The monoisotopic (exact) mass is 250 g/mol. The first kappa shape index (κ1) is 15.1. The van der Waals surface area contributed by atoms with Crippen LogP contribution in [-0.4, -0.2) is 12.6 Å². The first-order chi connectivity index (χ1) is 6.99. The zero-order valence-corrected chi connectivity index (χ0v) is 11.5. The molecule has 0 radical (unpaired) electrons. The Labute approximate surface area is 98.8 Å². The molecule has 0 aromatic carbocycles. The van der Waals surface area contributed by atoms with Gasteiger partial charge in [0.2, 0.25) is 7.65 Å². The number of nitrogens with zero attached hydrogens (tertiary/aromatic N) is 1. The molecule has 0 bridgehead atoms. The maximum Gasteiger partial charge on any atom is 0.204 e. The van der Waals surface area contributed by atoms with Crippen molar-refractivity contribution in [2.45, 2.75) is 40.2 Å². The van der Waals surface area contributed by atoms with Gasteiger partial charge in [0.1, 0.15) is 0 Å². The van der Waals surface area contributed by atoms with Crippen molar-refractivity contribution in [2.24, 2.45) is 11.8 Å². The van der Waals surface area contributed by atoms with Gasteiger partial charge in [0, 0.05) is 6.04 Å². The first-order valence-corrected chi connectivity index (χ1v) is 7.37. The van der Waals surface area contributed by atoms with Crippen molar-refractivity contribution in [3.8, 4) is 6.07 Å². The Hall–Kier alpha value is 0.130. The predicted octanol–water partition coefficient (Wildman–Crippen LogP) is 3.65. The Morgan fingerprint density at radius 1 is 1.33 bits per heavy atom. The molecule has 0 fully saturated rings. The van der Waals surface area contributed by atoms with Gasteiger partial charge in [-0.25, -0.2) is 0 Å². The molecular weight excluding hydrogens is 231 g/mol. The van der Waals surface area contributed by atoms with Crippen molar-refractivity contribution >= 4 is 18.9 Å². The lowest BCUT2D eigenvalue weighted by molar-refractivity contribution is 0.325. The summed E-state index contributed by atoms with van der Waals surface area (Å²) in [6, 6.07) is 2.38. The number of rotatable bonds is 7. The molecule has 0 aromatic heterocycles. The summed E-state index contributed by atoms with van der Waals surface area (Å²) in [6.45, 7) is 9.04.